The average Bonchev–Trinajstić information content (AvgIpc) is 2.25. The minimum absolute atomic E-state index is 0.184. The summed E-state index contributed by atoms with van der Waals surface area (Å²) >= 11 is 0. The maximum Gasteiger partial charge on any atom is 0.405 e. The molecule has 0 bridgehead atoms. The van der Waals surface area contributed by atoms with Gasteiger partial charge in [0.15, 0.2) is 0 Å². The Morgan fingerprint density at radius 1 is 1.44 bits per heavy atom. The van der Waals surface area contributed by atoms with Gasteiger partial charge in [0.05, 0.1) is 4.92 Å². The van der Waals surface area contributed by atoms with Crippen LogP contribution in [0.4, 0.5) is 18.9 Å². The fourth-order valence-corrected chi connectivity index (χ4v) is 1.23. The van der Waals surface area contributed by atoms with Gasteiger partial charge in [0.1, 0.15) is 6.54 Å². The van der Waals surface area contributed by atoms with Gasteiger partial charge in [-0.3, -0.25) is 14.9 Å². The Hall–Kier alpha value is -2.12. The van der Waals surface area contributed by atoms with E-state index in [1.165, 1.54) is 19.1 Å². The number of benzene rings is 1. The summed E-state index contributed by atoms with van der Waals surface area (Å²) in [4.78, 5) is 21.3. The van der Waals surface area contributed by atoms with Gasteiger partial charge in [0.2, 0.25) is 0 Å². The molecule has 0 aliphatic heterocycles. The molecule has 1 rings (SSSR count). The summed E-state index contributed by atoms with van der Waals surface area (Å²) in [6.07, 6.45) is -4.52. The van der Waals surface area contributed by atoms with Crippen molar-refractivity contribution < 1.29 is 22.9 Å². The Labute approximate surface area is 99.8 Å². The summed E-state index contributed by atoms with van der Waals surface area (Å²) in [5, 5.41) is 12.2. The van der Waals surface area contributed by atoms with E-state index in [1.807, 2.05) is 0 Å². The van der Waals surface area contributed by atoms with Crippen LogP contribution in [0.3, 0.4) is 0 Å². The summed E-state index contributed by atoms with van der Waals surface area (Å²) in [5.74, 6) is -1.00. The van der Waals surface area contributed by atoms with Gasteiger partial charge in [-0.15, -0.1) is 0 Å². The number of halogens is 3. The highest BCUT2D eigenvalue weighted by atomic mass is 19.4. The number of carbonyl (C=O) groups is 1. The van der Waals surface area contributed by atoms with E-state index in [9.17, 15) is 28.1 Å². The van der Waals surface area contributed by atoms with Crippen LogP contribution < -0.4 is 5.32 Å². The first kappa shape index (κ1) is 13.9. The van der Waals surface area contributed by atoms with Crippen molar-refractivity contribution in [2.24, 2.45) is 0 Å². The van der Waals surface area contributed by atoms with Gasteiger partial charge in [0.25, 0.3) is 11.6 Å². The molecule has 0 aliphatic rings. The van der Waals surface area contributed by atoms with Crippen molar-refractivity contribution in [1.82, 2.24) is 5.32 Å². The molecule has 0 radical (unpaired) electrons. The van der Waals surface area contributed by atoms with E-state index >= 15 is 0 Å². The van der Waals surface area contributed by atoms with Crippen molar-refractivity contribution in [2.45, 2.75) is 13.1 Å². The van der Waals surface area contributed by atoms with E-state index in [1.54, 1.807) is 5.32 Å². The van der Waals surface area contributed by atoms with Crippen LogP contribution in [0.15, 0.2) is 18.2 Å². The highest BCUT2D eigenvalue weighted by Gasteiger charge is 2.28. The molecule has 0 spiro atoms. The topological polar surface area (TPSA) is 72.2 Å². The largest absolute Gasteiger partial charge is 0.405 e. The first-order chi connectivity index (χ1) is 8.20. The van der Waals surface area contributed by atoms with Gasteiger partial charge in [-0.05, 0) is 13.0 Å². The molecule has 18 heavy (non-hydrogen) atoms. The molecule has 1 amide bonds. The van der Waals surface area contributed by atoms with Gasteiger partial charge < -0.3 is 5.32 Å². The highest BCUT2D eigenvalue weighted by molar-refractivity contribution is 5.95. The number of aryl methyl sites for hydroxylation is 1. The van der Waals surface area contributed by atoms with Gasteiger partial charge in [-0.1, -0.05) is 6.07 Å². The maximum absolute atomic E-state index is 11.9. The van der Waals surface area contributed by atoms with E-state index in [4.69, 9.17) is 0 Å². The zero-order valence-corrected chi connectivity index (χ0v) is 9.25. The minimum atomic E-state index is -4.52. The number of carbonyl (C=O) groups excluding carboxylic acids is 1. The van der Waals surface area contributed by atoms with E-state index in [0.29, 0.717) is 5.56 Å². The lowest BCUT2D eigenvalue weighted by Crippen LogP contribution is -2.33. The zero-order chi connectivity index (χ0) is 13.9. The van der Waals surface area contributed by atoms with Crippen LogP contribution in [-0.2, 0) is 0 Å². The van der Waals surface area contributed by atoms with E-state index in [2.05, 4.69) is 0 Å². The molecular formula is C10H9F3N2O3. The predicted molar refractivity (Wildman–Crippen MR) is 56.2 cm³/mol. The van der Waals surface area contributed by atoms with Crippen LogP contribution >= 0.6 is 0 Å². The second-order valence-corrected chi connectivity index (χ2v) is 3.56. The Morgan fingerprint density at radius 2 is 2.06 bits per heavy atom. The third-order valence-electron chi connectivity index (χ3n) is 2.12. The molecule has 0 unspecified atom stereocenters. The van der Waals surface area contributed by atoms with Crippen LogP contribution in [0.5, 0.6) is 0 Å². The minimum Gasteiger partial charge on any atom is -0.343 e. The second kappa shape index (κ2) is 5.03. The molecule has 98 valence electrons. The number of amides is 1. The molecule has 0 aromatic heterocycles. The summed E-state index contributed by atoms with van der Waals surface area (Å²) in [5.41, 5.74) is -0.168. The van der Waals surface area contributed by atoms with Crippen LogP contribution in [0.25, 0.3) is 0 Å². The Balaban J connectivity index is 2.87. The number of hydrogen-bond donors (Lipinski definition) is 1. The van der Waals surface area contributed by atoms with E-state index < -0.39 is 23.6 Å². The monoisotopic (exact) mass is 262 g/mol. The Bertz CT molecular complexity index is 486. The SMILES string of the molecule is Cc1ccc(C(=O)NCC(F)(F)F)cc1[N+](=O)[O-]. The van der Waals surface area contributed by atoms with Crippen LogP contribution in [0, 0.1) is 17.0 Å². The maximum atomic E-state index is 11.9. The lowest BCUT2D eigenvalue weighted by Gasteiger charge is -2.08. The third kappa shape index (κ3) is 3.72. The lowest BCUT2D eigenvalue weighted by atomic mass is 10.1. The summed E-state index contributed by atoms with van der Waals surface area (Å²) < 4.78 is 35.6. The molecule has 0 heterocycles. The first-order valence-corrected chi connectivity index (χ1v) is 4.80. The quantitative estimate of drug-likeness (QED) is 0.670. The number of nitrogens with one attached hydrogen (secondary N) is 1. The van der Waals surface area contributed by atoms with Crippen molar-refractivity contribution in [3.8, 4) is 0 Å². The molecule has 8 heteroatoms. The Kier molecular flexibility index (Phi) is 3.89. The Morgan fingerprint density at radius 3 is 2.56 bits per heavy atom. The number of nitrogens with zero attached hydrogens (tertiary/aromatic N) is 1. The number of alkyl halides is 3. The molecule has 0 saturated carbocycles. The molecule has 0 fully saturated rings. The molecule has 5 nitrogen and oxygen atoms in total. The second-order valence-electron chi connectivity index (χ2n) is 3.56. The van der Waals surface area contributed by atoms with Gasteiger partial charge in [-0.25, -0.2) is 0 Å². The normalized spacial score (nSPS) is 11.1. The number of rotatable bonds is 3. The lowest BCUT2D eigenvalue weighted by molar-refractivity contribution is -0.385. The smallest absolute Gasteiger partial charge is 0.343 e. The van der Waals surface area contributed by atoms with Crippen molar-refractivity contribution in [1.29, 1.82) is 0 Å². The summed E-state index contributed by atoms with van der Waals surface area (Å²) in [6.45, 7) is -0.0109. The predicted octanol–water partition coefficient (Wildman–Crippen LogP) is 2.20. The van der Waals surface area contributed by atoms with Gasteiger partial charge in [-0.2, -0.15) is 13.2 Å². The van der Waals surface area contributed by atoms with E-state index in [-0.39, 0.29) is 11.3 Å². The number of nitro groups is 1. The molecule has 1 N–H and O–H groups in total. The van der Waals surface area contributed by atoms with Crippen molar-refractivity contribution in [3.05, 3.63) is 39.4 Å². The van der Waals surface area contributed by atoms with Crippen molar-refractivity contribution in [2.75, 3.05) is 6.54 Å². The molecule has 1 aromatic carbocycles. The standard InChI is InChI=1S/C10H9F3N2O3/c1-6-2-3-7(4-8(6)15(17)18)9(16)14-5-10(11,12)13/h2-4H,5H2,1H3,(H,14,16). The van der Waals surface area contributed by atoms with Crippen molar-refractivity contribution >= 4 is 11.6 Å². The van der Waals surface area contributed by atoms with Crippen molar-refractivity contribution in [3.63, 3.8) is 0 Å². The van der Waals surface area contributed by atoms with Crippen LogP contribution in [-0.4, -0.2) is 23.6 Å². The van der Waals surface area contributed by atoms with E-state index in [0.717, 1.165) is 6.07 Å². The summed E-state index contributed by atoms with van der Waals surface area (Å²) in [6, 6.07) is 3.48. The first-order valence-electron chi connectivity index (χ1n) is 4.80. The molecule has 0 atom stereocenters. The fourth-order valence-electron chi connectivity index (χ4n) is 1.23. The fraction of sp³-hybridized carbons (Fsp3) is 0.300. The molecule has 1 aromatic rings. The van der Waals surface area contributed by atoms with Gasteiger partial charge >= 0.3 is 6.18 Å². The molecule has 0 aliphatic carbocycles. The average molecular weight is 262 g/mol. The number of hydrogen-bond acceptors (Lipinski definition) is 3. The zero-order valence-electron chi connectivity index (χ0n) is 9.25. The summed E-state index contributed by atoms with van der Waals surface area (Å²) in [7, 11) is 0. The molecule has 0 saturated heterocycles. The third-order valence-corrected chi connectivity index (χ3v) is 2.12. The number of nitro benzene ring substituents is 1. The van der Waals surface area contributed by atoms with Crippen LogP contribution in [0.2, 0.25) is 0 Å². The van der Waals surface area contributed by atoms with Crippen LogP contribution in [0.1, 0.15) is 15.9 Å². The highest BCUT2D eigenvalue weighted by Crippen LogP contribution is 2.19. The molecular weight excluding hydrogens is 253 g/mol. The van der Waals surface area contributed by atoms with Gasteiger partial charge in [0, 0.05) is 17.2 Å².